The van der Waals surface area contributed by atoms with Crippen LogP contribution in [0.2, 0.25) is 5.02 Å². The van der Waals surface area contributed by atoms with Crippen molar-refractivity contribution in [2.75, 3.05) is 0 Å². The molecule has 0 aromatic heterocycles. The molecule has 0 radical (unpaired) electrons. The first-order valence-electron chi connectivity index (χ1n) is 4.14. The summed E-state index contributed by atoms with van der Waals surface area (Å²) in [5.41, 5.74) is 2.38. The van der Waals surface area contributed by atoms with Crippen molar-refractivity contribution in [3.8, 4) is 12.3 Å². The summed E-state index contributed by atoms with van der Waals surface area (Å²) >= 11 is 5.40. The zero-order valence-electron chi connectivity index (χ0n) is 7.73. The van der Waals surface area contributed by atoms with Gasteiger partial charge in [0.25, 0.3) is 0 Å². The Bertz CT molecular complexity index is 401. The number of hydrazine groups is 1. The number of nitrogens with one attached hydrogen (secondary N) is 1. The third-order valence-corrected chi connectivity index (χ3v) is 2.23. The normalized spacial score (nSPS) is 12.2. The third kappa shape index (κ3) is 2.66. The number of nitrogens with two attached hydrogens (primary N) is 1. The van der Waals surface area contributed by atoms with Gasteiger partial charge < -0.3 is 0 Å². The maximum absolute atomic E-state index is 13.4. The van der Waals surface area contributed by atoms with E-state index in [0.29, 0.717) is 0 Å². The molecule has 1 aromatic carbocycles. The van der Waals surface area contributed by atoms with Gasteiger partial charge in [-0.15, -0.1) is 12.3 Å². The van der Waals surface area contributed by atoms with Crippen LogP contribution < -0.4 is 11.3 Å². The Kier molecular flexibility index (Phi) is 4.04. The molecule has 1 unspecified atom stereocenters. The Morgan fingerprint density at radius 2 is 2.13 bits per heavy atom. The van der Waals surface area contributed by atoms with Crippen molar-refractivity contribution in [2.24, 2.45) is 5.84 Å². The van der Waals surface area contributed by atoms with E-state index in [4.69, 9.17) is 23.9 Å². The molecule has 0 heterocycles. The number of rotatable bonds is 3. The van der Waals surface area contributed by atoms with Crippen LogP contribution >= 0.6 is 11.6 Å². The Hall–Kier alpha value is -1.15. The van der Waals surface area contributed by atoms with Gasteiger partial charge in [0.2, 0.25) is 0 Å². The first-order valence-corrected chi connectivity index (χ1v) is 4.52. The van der Waals surface area contributed by atoms with Crippen molar-refractivity contribution < 1.29 is 8.78 Å². The highest BCUT2D eigenvalue weighted by Crippen LogP contribution is 2.24. The Morgan fingerprint density at radius 3 is 2.67 bits per heavy atom. The molecule has 0 fully saturated rings. The van der Waals surface area contributed by atoms with Gasteiger partial charge in [-0.05, 0) is 12.1 Å². The standard InChI is InChI=1S/C10H9ClF2N2/c1-2-3-10(15-14)6-4-9(13)7(11)5-8(6)12/h1,4-5,10,15H,3,14H2. The Balaban J connectivity index is 3.13. The predicted molar refractivity (Wildman–Crippen MR) is 54.9 cm³/mol. The van der Waals surface area contributed by atoms with Crippen LogP contribution in [0, 0.1) is 24.0 Å². The van der Waals surface area contributed by atoms with E-state index in [1.54, 1.807) is 0 Å². The van der Waals surface area contributed by atoms with Crippen molar-refractivity contribution >= 4 is 11.6 Å². The highest BCUT2D eigenvalue weighted by molar-refractivity contribution is 6.30. The molecule has 0 bridgehead atoms. The topological polar surface area (TPSA) is 38.0 Å². The summed E-state index contributed by atoms with van der Waals surface area (Å²) in [5.74, 6) is 6.15. The van der Waals surface area contributed by atoms with Crippen LogP contribution in [0.5, 0.6) is 0 Å². The molecule has 0 aliphatic heterocycles. The minimum Gasteiger partial charge on any atom is -0.271 e. The zero-order chi connectivity index (χ0) is 11.4. The Morgan fingerprint density at radius 1 is 1.47 bits per heavy atom. The lowest BCUT2D eigenvalue weighted by Crippen LogP contribution is -2.28. The van der Waals surface area contributed by atoms with Crippen LogP contribution in [-0.2, 0) is 0 Å². The second-order valence-electron chi connectivity index (χ2n) is 2.92. The van der Waals surface area contributed by atoms with E-state index in [-0.39, 0.29) is 17.0 Å². The second-order valence-corrected chi connectivity index (χ2v) is 3.32. The average Bonchev–Trinajstić information content (AvgIpc) is 2.20. The van der Waals surface area contributed by atoms with Crippen molar-refractivity contribution in [3.05, 3.63) is 34.4 Å². The quantitative estimate of drug-likeness (QED) is 0.361. The van der Waals surface area contributed by atoms with E-state index in [0.717, 1.165) is 12.1 Å². The van der Waals surface area contributed by atoms with Gasteiger partial charge in [-0.3, -0.25) is 11.3 Å². The summed E-state index contributed by atoms with van der Waals surface area (Å²) in [6.07, 6.45) is 5.23. The lowest BCUT2D eigenvalue weighted by atomic mass is 10.0. The van der Waals surface area contributed by atoms with Crippen molar-refractivity contribution in [1.29, 1.82) is 0 Å². The summed E-state index contributed by atoms with van der Waals surface area (Å²) < 4.78 is 26.5. The fraction of sp³-hybridized carbons (Fsp3) is 0.200. The van der Waals surface area contributed by atoms with Gasteiger partial charge in [-0.2, -0.15) is 0 Å². The van der Waals surface area contributed by atoms with E-state index in [1.165, 1.54) is 0 Å². The van der Waals surface area contributed by atoms with Crippen LogP contribution in [0.4, 0.5) is 8.78 Å². The molecule has 1 aromatic rings. The van der Waals surface area contributed by atoms with E-state index in [1.807, 2.05) is 0 Å². The molecule has 1 rings (SSSR count). The number of hydrogen-bond acceptors (Lipinski definition) is 2. The van der Waals surface area contributed by atoms with E-state index in [9.17, 15) is 8.78 Å². The monoisotopic (exact) mass is 230 g/mol. The van der Waals surface area contributed by atoms with Gasteiger partial charge in [-0.25, -0.2) is 8.78 Å². The van der Waals surface area contributed by atoms with Gasteiger partial charge in [0.1, 0.15) is 11.6 Å². The molecule has 15 heavy (non-hydrogen) atoms. The summed E-state index contributed by atoms with van der Waals surface area (Å²) in [4.78, 5) is 0. The van der Waals surface area contributed by atoms with Crippen LogP contribution in [0.1, 0.15) is 18.0 Å². The molecular weight excluding hydrogens is 222 g/mol. The number of terminal acetylenes is 1. The van der Waals surface area contributed by atoms with E-state index < -0.39 is 17.7 Å². The molecule has 80 valence electrons. The largest absolute Gasteiger partial charge is 0.271 e. The van der Waals surface area contributed by atoms with Gasteiger partial charge >= 0.3 is 0 Å². The molecule has 0 spiro atoms. The van der Waals surface area contributed by atoms with Crippen LogP contribution in [-0.4, -0.2) is 0 Å². The first kappa shape index (κ1) is 11.9. The summed E-state index contributed by atoms with van der Waals surface area (Å²) in [6, 6.07) is 1.26. The van der Waals surface area contributed by atoms with Crippen molar-refractivity contribution in [1.82, 2.24) is 5.43 Å². The SMILES string of the molecule is C#CCC(NN)c1cc(F)c(Cl)cc1F. The molecule has 0 saturated heterocycles. The molecule has 0 aliphatic rings. The lowest BCUT2D eigenvalue weighted by Gasteiger charge is -2.14. The van der Waals surface area contributed by atoms with Gasteiger partial charge in [0.15, 0.2) is 0 Å². The molecular formula is C10H9ClF2N2. The van der Waals surface area contributed by atoms with Gasteiger partial charge in [0, 0.05) is 12.0 Å². The molecule has 1 atom stereocenters. The average molecular weight is 231 g/mol. The Labute approximate surface area is 91.4 Å². The molecule has 0 amide bonds. The van der Waals surface area contributed by atoms with Crippen LogP contribution in [0.25, 0.3) is 0 Å². The van der Waals surface area contributed by atoms with Gasteiger partial charge in [-0.1, -0.05) is 11.6 Å². The maximum atomic E-state index is 13.4. The number of halogens is 3. The van der Waals surface area contributed by atoms with Crippen LogP contribution in [0.3, 0.4) is 0 Å². The molecule has 5 heteroatoms. The number of benzene rings is 1. The minimum atomic E-state index is -0.703. The smallest absolute Gasteiger partial charge is 0.142 e. The van der Waals surface area contributed by atoms with Gasteiger partial charge in [0.05, 0.1) is 11.1 Å². The maximum Gasteiger partial charge on any atom is 0.142 e. The molecule has 0 aliphatic carbocycles. The minimum absolute atomic E-state index is 0.0670. The molecule has 3 N–H and O–H groups in total. The zero-order valence-corrected chi connectivity index (χ0v) is 8.48. The highest BCUT2D eigenvalue weighted by atomic mass is 35.5. The predicted octanol–water partition coefficient (Wildman–Crippen LogP) is 2.15. The fourth-order valence-corrected chi connectivity index (χ4v) is 1.33. The lowest BCUT2D eigenvalue weighted by molar-refractivity contribution is 0.512. The summed E-state index contributed by atoms with van der Waals surface area (Å²) in [7, 11) is 0. The highest BCUT2D eigenvalue weighted by Gasteiger charge is 2.16. The summed E-state index contributed by atoms with van der Waals surface area (Å²) in [5, 5.41) is -0.271. The first-order chi connectivity index (χ1) is 7.10. The third-order valence-electron chi connectivity index (χ3n) is 1.94. The molecule has 2 nitrogen and oxygen atoms in total. The second kappa shape index (κ2) is 5.08. The van der Waals surface area contributed by atoms with E-state index >= 15 is 0 Å². The summed E-state index contributed by atoms with van der Waals surface area (Å²) in [6.45, 7) is 0. The van der Waals surface area contributed by atoms with Crippen LogP contribution in [0.15, 0.2) is 12.1 Å². The van der Waals surface area contributed by atoms with Crippen molar-refractivity contribution in [3.63, 3.8) is 0 Å². The van der Waals surface area contributed by atoms with Crippen molar-refractivity contribution in [2.45, 2.75) is 12.5 Å². The molecule has 0 saturated carbocycles. The van der Waals surface area contributed by atoms with E-state index in [2.05, 4.69) is 11.3 Å². The fourth-order valence-electron chi connectivity index (χ4n) is 1.18. The number of hydrogen-bond donors (Lipinski definition) is 2.